The molecule has 0 unspecified atom stereocenters. The van der Waals surface area contributed by atoms with Crippen LogP contribution in [0.1, 0.15) is 114 Å². The first kappa shape index (κ1) is 103. The fraction of sp³-hybridized carbons (Fsp3) is 0.500. The maximum atomic E-state index is 15.4. The Morgan fingerprint density at radius 2 is 1.05 bits per heavy atom. The number of carbonyl (C=O) groups excluding carboxylic acids is 18. The van der Waals surface area contributed by atoms with Crippen molar-refractivity contribution in [3.8, 4) is 0 Å². The summed E-state index contributed by atoms with van der Waals surface area (Å²) in [6.07, 6.45) is 5.65. The van der Waals surface area contributed by atoms with Gasteiger partial charge in [0.1, 0.15) is 78.5 Å². The molecular weight excluding hydrogens is 1740 g/mol. The summed E-state index contributed by atoms with van der Waals surface area (Å²) in [5.74, 6) is -18.7. The number of nitrogens with one attached hydrogen (secondary N) is 17. The number of guanidine groups is 1. The van der Waals surface area contributed by atoms with E-state index >= 15 is 14.4 Å². The van der Waals surface area contributed by atoms with E-state index in [0.29, 0.717) is 57.0 Å². The lowest BCUT2D eigenvalue weighted by Gasteiger charge is -2.32. The minimum atomic E-state index is -1.90. The van der Waals surface area contributed by atoms with Crippen LogP contribution in [0, 0.1) is 17.2 Å². The molecule has 3 aliphatic rings. The molecule has 44 nitrogen and oxygen atoms in total. The molecule has 45 heteroatoms. The lowest BCUT2D eigenvalue weighted by Crippen LogP contribution is -2.61. The van der Waals surface area contributed by atoms with Gasteiger partial charge in [0.2, 0.25) is 106 Å². The van der Waals surface area contributed by atoms with Crippen LogP contribution < -0.4 is 86.3 Å². The Kier molecular flexibility index (Phi) is 38.1. The predicted octanol–water partition coefficient (Wildman–Crippen LogP) is -4.53. The second-order valence-corrected chi connectivity index (χ2v) is 34.9. The van der Waals surface area contributed by atoms with Gasteiger partial charge < -0.3 is 126 Å². The number of aromatic amines is 3. The molecule has 2 aliphatic heterocycles. The van der Waals surface area contributed by atoms with Gasteiger partial charge in [-0.2, -0.15) is 0 Å². The molecule has 1 aliphatic carbocycles. The molecule has 13 atom stereocenters. The number of thioether (sulfide) groups is 1. The van der Waals surface area contributed by atoms with E-state index in [1.54, 1.807) is 105 Å². The SMILES string of the molecule is CC(C)C[C@@H]1NC(=O)[C@H](Cc2cnc[nH]2)NC(=O)[C@@H]2CCCN2C(=O)[C@H](CC(N)=O)NC(=O)[C@H](C)N(C)C(=O)[C@H](Cc2ccccc2)NC(=O)CSC[C@@H](C(=O)NCC(N)=O)NC(=O)[C@H](CCCNC(=N)N)NC(=O)[C@H](C)N(C)C(=O)[C@H](CCNC(=O)C2CCC2)NC(=O)[C@H](Cc2c[nH]c3ccccc23)NC(=O)[C@H](CO)NC(=O)[C@H](Cc2c[nH]c3ccccc23)NC(=O)CN(C)C1=O. The third-order valence-corrected chi connectivity index (χ3v) is 24.4. The number of primary amides is 2. The monoisotopic (exact) mass is 1860 g/mol. The van der Waals surface area contributed by atoms with Crippen LogP contribution >= 0.6 is 11.8 Å². The van der Waals surface area contributed by atoms with Crippen molar-refractivity contribution < 1.29 is 91.4 Å². The van der Waals surface area contributed by atoms with Gasteiger partial charge in [-0.25, -0.2) is 4.98 Å². The van der Waals surface area contributed by atoms with Crippen LogP contribution in [0.4, 0.5) is 0 Å². The normalized spacial score (nSPS) is 23.9. The Bertz CT molecular complexity index is 5180. The van der Waals surface area contributed by atoms with Gasteiger partial charge in [0, 0.05) is 124 Å². The van der Waals surface area contributed by atoms with Gasteiger partial charge in [0.15, 0.2) is 5.96 Å². The van der Waals surface area contributed by atoms with Crippen LogP contribution in [0.2, 0.25) is 0 Å². The van der Waals surface area contributed by atoms with Crippen LogP contribution in [-0.4, -0.2) is 307 Å². The zero-order valence-corrected chi connectivity index (χ0v) is 76.0. The molecule has 718 valence electrons. The molecule has 9 rings (SSSR count). The number of hydrogen-bond acceptors (Lipinski definition) is 22. The summed E-state index contributed by atoms with van der Waals surface area (Å²) in [6.45, 7) is 3.15. The number of fused-ring (bicyclic) bond motifs is 3. The largest absolute Gasteiger partial charge is 0.394 e. The average Bonchev–Trinajstić information content (AvgIpc) is 1.72. The Morgan fingerprint density at radius 3 is 1.62 bits per heavy atom. The molecule has 3 aromatic heterocycles. The average molecular weight is 1870 g/mol. The Hall–Kier alpha value is -14.0. The van der Waals surface area contributed by atoms with E-state index in [9.17, 15) is 77.0 Å². The Labute approximate surface area is 771 Å². The van der Waals surface area contributed by atoms with Gasteiger partial charge in [0.05, 0.1) is 38.2 Å². The number of nitrogens with two attached hydrogens (primary N) is 3. The predicted molar refractivity (Wildman–Crippen MR) is 487 cm³/mol. The molecular formula is C88H121N25O19S. The van der Waals surface area contributed by atoms with Gasteiger partial charge in [-0.1, -0.05) is 87.0 Å². The van der Waals surface area contributed by atoms with Crippen molar-refractivity contribution in [2.75, 3.05) is 72.0 Å². The first-order chi connectivity index (χ1) is 63.4. The summed E-state index contributed by atoms with van der Waals surface area (Å²) >= 11 is 0.768. The van der Waals surface area contributed by atoms with Crippen LogP contribution in [0.25, 0.3) is 21.8 Å². The first-order valence-electron chi connectivity index (χ1n) is 44.0. The van der Waals surface area contributed by atoms with Gasteiger partial charge >= 0.3 is 0 Å². The van der Waals surface area contributed by atoms with Crippen LogP contribution in [-0.2, 0) is 112 Å². The summed E-state index contributed by atoms with van der Waals surface area (Å²) in [4.78, 5) is 277. The summed E-state index contributed by atoms with van der Waals surface area (Å²) in [5, 5.41) is 54.3. The number of hydrogen-bond donors (Lipinski definition) is 21. The second-order valence-electron chi connectivity index (χ2n) is 33.8. The Balaban J connectivity index is 1.07. The molecule has 0 bridgehead atoms. The lowest BCUT2D eigenvalue weighted by atomic mass is 9.85. The molecule has 18 amide bonds. The van der Waals surface area contributed by atoms with Crippen molar-refractivity contribution >= 4 is 146 Å². The van der Waals surface area contributed by atoms with Crippen LogP contribution in [0.3, 0.4) is 0 Å². The summed E-state index contributed by atoms with van der Waals surface area (Å²) in [6, 6.07) is 1.88. The third kappa shape index (κ3) is 29.8. The van der Waals surface area contributed by atoms with E-state index < -0.39 is 223 Å². The molecule has 3 aromatic carbocycles. The van der Waals surface area contributed by atoms with E-state index in [-0.39, 0.29) is 102 Å². The number of nitrogens with zero attached hydrogens (tertiary/aromatic N) is 5. The number of H-pyrrole nitrogens is 3. The number of aliphatic hydroxyl groups excluding tert-OH is 1. The van der Waals surface area contributed by atoms with Gasteiger partial charge in [-0.15, -0.1) is 11.8 Å². The fourth-order valence-electron chi connectivity index (χ4n) is 15.6. The fourth-order valence-corrected chi connectivity index (χ4v) is 16.4. The minimum Gasteiger partial charge on any atom is -0.394 e. The van der Waals surface area contributed by atoms with Gasteiger partial charge in [0.25, 0.3) is 0 Å². The maximum absolute atomic E-state index is 15.4. The smallest absolute Gasteiger partial charge is 0.246 e. The molecule has 1 saturated carbocycles. The number of amides is 18. The van der Waals surface area contributed by atoms with Crippen molar-refractivity contribution in [2.24, 2.45) is 29.0 Å². The number of imidazole rings is 1. The molecule has 2 saturated heterocycles. The van der Waals surface area contributed by atoms with E-state index in [0.717, 1.165) is 37.8 Å². The molecule has 5 heterocycles. The van der Waals surface area contributed by atoms with Crippen molar-refractivity contribution in [2.45, 2.75) is 196 Å². The molecule has 0 radical (unpaired) electrons. The first-order valence-corrected chi connectivity index (χ1v) is 45.1. The third-order valence-electron chi connectivity index (χ3n) is 23.4. The van der Waals surface area contributed by atoms with Gasteiger partial charge in [-0.05, 0) is 100.0 Å². The summed E-state index contributed by atoms with van der Waals surface area (Å²) < 4.78 is 0. The van der Waals surface area contributed by atoms with Crippen LogP contribution in [0.15, 0.2) is 104 Å². The highest BCUT2D eigenvalue weighted by Crippen LogP contribution is 2.28. The number of para-hydroxylation sites is 2. The van der Waals surface area contributed by atoms with Crippen LogP contribution in [0.5, 0.6) is 0 Å². The summed E-state index contributed by atoms with van der Waals surface area (Å²) in [7, 11) is 3.73. The number of benzene rings is 3. The minimum absolute atomic E-state index is 0.00652. The lowest BCUT2D eigenvalue weighted by molar-refractivity contribution is -0.145. The molecule has 6 aromatic rings. The zero-order chi connectivity index (χ0) is 96.9. The summed E-state index contributed by atoms with van der Waals surface area (Å²) in [5.41, 5.74) is 19.8. The quantitative estimate of drug-likeness (QED) is 0.0154. The highest BCUT2D eigenvalue weighted by Gasteiger charge is 2.43. The maximum Gasteiger partial charge on any atom is 0.246 e. The van der Waals surface area contributed by atoms with E-state index in [2.05, 4.69) is 89.1 Å². The molecule has 133 heavy (non-hydrogen) atoms. The number of rotatable bonds is 24. The van der Waals surface area contributed by atoms with E-state index in [1.165, 1.54) is 47.5 Å². The van der Waals surface area contributed by atoms with E-state index in [4.69, 9.17) is 22.6 Å². The molecule has 24 N–H and O–H groups in total. The highest BCUT2D eigenvalue weighted by molar-refractivity contribution is 8.00. The Morgan fingerprint density at radius 1 is 0.519 bits per heavy atom. The van der Waals surface area contributed by atoms with Crippen molar-refractivity contribution in [1.82, 2.24) is 109 Å². The number of aromatic nitrogens is 4. The second kappa shape index (κ2) is 49.3. The van der Waals surface area contributed by atoms with E-state index in [1.807, 2.05) is 0 Å². The molecule has 0 spiro atoms. The van der Waals surface area contributed by atoms with Crippen molar-refractivity contribution in [3.63, 3.8) is 0 Å². The van der Waals surface area contributed by atoms with Crippen molar-refractivity contribution in [3.05, 3.63) is 126 Å². The van der Waals surface area contributed by atoms with Gasteiger partial charge in [-0.3, -0.25) is 91.7 Å². The molecule has 3 fully saturated rings. The number of likely N-dealkylation sites (N-methyl/N-ethyl adjacent to an activating group) is 3. The highest BCUT2D eigenvalue weighted by atomic mass is 32.2. The standard InChI is InChI=1S/C88H121N25O19S/c1-47(2)32-64-84(129)110(5)42-72(117)100-61(34-52-38-96-57-24-13-11-22-55(52)57)79(124)108-67(43-114)82(127)104-62(35-53-39-97-58-25-14-12-23-56(53)58)80(125)103-60(28-30-94-76(121)51-20-15-21-51)85(130)111(6)48(3)74(119)102-59(26-16-29-95-88(91)92)78(123)109-68(77(122)98-41-71(90)116)44-133-45-73(118)101-65(33-50-18-9-8-10-19-50)86(131)112(7)49(4)75(120)106-66(37-70(89)115)87(132)113-31-17-27-69(113)83(128)105-63(81(126)107-64)36-54-40-93-46-99-54/h8-14,18-19,22-25,38-40,46-49,51,59-69,96-97,114H,15-17,20-21,26-37,41-45H2,1-7H3,(H2,89,115)(H2,90,116)(H,93,99)(H,94,121)(H,98,122)(H,100,117)(H,101,118)(H,102,119)(H,103,125)(H,104,127)(H,105,128)(H,106,120)(H,107,126)(H,108,124)(H,109,123)(H4,91,92,95)/t48-,49-,59-,60-,61-,62-,63-,64-,65-,66-,67-,68-,69-/m0/s1. The van der Waals surface area contributed by atoms with Crippen molar-refractivity contribution in [1.29, 1.82) is 5.41 Å². The zero-order valence-electron chi connectivity index (χ0n) is 75.2. The topological polar surface area (TPSA) is 659 Å². The number of carbonyl (C=O) groups is 18. The number of aliphatic hydroxyl groups is 1.